The lowest BCUT2D eigenvalue weighted by Gasteiger charge is -2.15. The molecule has 0 spiro atoms. The molecule has 1 aromatic rings. The standard InChI is InChI=1S/C13H11F3N2O2/c1-8-6-9(4-3-5-17)7-10(20-2)11(8)18-12(19)13(14,15)16/h3-4,6-7H,1-2H3,(H,18,19). The quantitative estimate of drug-likeness (QED) is 0.868. The number of nitriles is 1. The van der Waals surface area contributed by atoms with Gasteiger partial charge in [-0.3, -0.25) is 4.79 Å². The van der Waals surface area contributed by atoms with Crippen molar-refractivity contribution < 1.29 is 22.7 Å². The van der Waals surface area contributed by atoms with Gasteiger partial charge in [-0.1, -0.05) is 0 Å². The van der Waals surface area contributed by atoms with Crippen molar-refractivity contribution >= 4 is 17.7 Å². The summed E-state index contributed by atoms with van der Waals surface area (Å²) in [6, 6.07) is 4.75. The zero-order valence-electron chi connectivity index (χ0n) is 10.7. The van der Waals surface area contributed by atoms with E-state index in [1.165, 1.54) is 38.3 Å². The Morgan fingerprint density at radius 3 is 2.60 bits per heavy atom. The average Bonchev–Trinajstić information content (AvgIpc) is 2.37. The molecular weight excluding hydrogens is 273 g/mol. The van der Waals surface area contributed by atoms with Gasteiger partial charge in [-0.15, -0.1) is 0 Å². The molecule has 1 N–H and O–H groups in total. The molecule has 0 aliphatic rings. The molecular formula is C13H11F3N2O2. The number of alkyl halides is 3. The van der Waals surface area contributed by atoms with Gasteiger partial charge in [-0.25, -0.2) is 0 Å². The summed E-state index contributed by atoms with van der Waals surface area (Å²) in [4.78, 5) is 11.0. The van der Waals surface area contributed by atoms with E-state index in [2.05, 4.69) is 0 Å². The highest BCUT2D eigenvalue weighted by Crippen LogP contribution is 2.31. The molecule has 1 rings (SSSR count). The molecule has 0 fully saturated rings. The SMILES string of the molecule is COc1cc(C=CC#N)cc(C)c1NC(=O)C(F)(F)F. The van der Waals surface area contributed by atoms with Crippen LogP contribution in [0.2, 0.25) is 0 Å². The van der Waals surface area contributed by atoms with Crippen molar-refractivity contribution in [2.24, 2.45) is 0 Å². The van der Waals surface area contributed by atoms with Crippen LogP contribution in [-0.2, 0) is 4.79 Å². The lowest BCUT2D eigenvalue weighted by Crippen LogP contribution is -2.30. The van der Waals surface area contributed by atoms with E-state index in [0.29, 0.717) is 11.1 Å². The lowest BCUT2D eigenvalue weighted by atomic mass is 10.1. The van der Waals surface area contributed by atoms with Gasteiger partial charge in [0.2, 0.25) is 0 Å². The number of halogens is 3. The molecule has 7 heteroatoms. The lowest BCUT2D eigenvalue weighted by molar-refractivity contribution is -0.167. The van der Waals surface area contributed by atoms with E-state index in [-0.39, 0.29) is 11.4 Å². The van der Waals surface area contributed by atoms with E-state index in [4.69, 9.17) is 10.00 Å². The second kappa shape index (κ2) is 6.10. The summed E-state index contributed by atoms with van der Waals surface area (Å²) in [6.45, 7) is 1.53. The summed E-state index contributed by atoms with van der Waals surface area (Å²) in [5.41, 5.74) is 0.911. The van der Waals surface area contributed by atoms with Crippen LogP contribution >= 0.6 is 0 Å². The number of hydrogen-bond donors (Lipinski definition) is 1. The Hall–Kier alpha value is -2.49. The van der Waals surface area contributed by atoms with Gasteiger partial charge in [0.05, 0.1) is 18.9 Å². The van der Waals surface area contributed by atoms with Crippen LogP contribution in [0.3, 0.4) is 0 Å². The first-order chi connectivity index (χ1) is 9.29. The van der Waals surface area contributed by atoms with Gasteiger partial charge in [0.25, 0.3) is 0 Å². The van der Waals surface area contributed by atoms with Crippen LogP contribution in [0.1, 0.15) is 11.1 Å². The van der Waals surface area contributed by atoms with Crippen LogP contribution in [0.4, 0.5) is 18.9 Å². The Labute approximate surface area is 113 Å². The van der Waals surface area contributed by atoms with Crippen molar-refractivity contribution in [1.82, 2.24) is 0 Å². The topological polar surface area (TPSA) is 62.1 Å². The molecule has 0 bridgehead atoms. The third-order valence-electron chi connectivity index (χ3n) is 2.39. The Bertz CT molecular complexity index is 587. The van der Waals surface area contributed by atoms with Crippen molar-refractivity contribution in [3.63, 3.8) is 0 Å². The van der Waals surface area contributed by atoms with Crippen LogP contribution in [0.5, 0.6) is 5.75 Å². The molecule has 0 radical (unpaired) electrons. The fourth-order valence-corrected chi connectivity index (χ4v) is 1.52. The van der Waals surface area contributed by atoms with Crippen LogP contribution in [-0.4, -0.2) is 19.2 Å². The molecule has 0 saturated carbocycles. The monoisotopic (exact) mass is 284 g/mol. The second-order valence-corrected chi connectivity index (χ2v) is 3.83. The summed E-state index contributed by atoms with van der Waals surface area (Å²) in [6.07, 6.45) is -2.27. The fourth-order valence-electron chi connectivity index (χ4n) is 1.52. The maximum atomic E-state index is 12.2. The minimum atomic E-state index is -4.98. The minimum Gasteiger partial charge on any atom is -0.495 e. The number of allylic oxidation sites excluding steroid dienone is 1. The highest BCUT2D eigenvalue weighted by atomic mass is 19.4. The number of anilines is 1. The molecule has 1 amide bonds. The summed E-state index contributed by atoms with van der Waals surface area (Å²) in [5.74, 6) is -1.99. The van der Waals surface area contributed by atoms with Crippen molar-refractivity contribution in [2.45, 2.75) is 13.1 Å². The first-order valence-electron chi connectivity index (χ1n) is 5.42. The summed E-state index contributed by atoms with van der Waals surface area (Å²) in [7, 11) is 1.27. The largest absolute Gasteiger partial charge is 0.495 e. The first kappa shape index (κ1) is 15.6. The normalized spacial score (nSPS) is 11.2. The molecule has 0 aliphatic heterocycles. The van der Waals surface area contributed by atoms with Gasteiger partial charge >= 0.3 is 12.1 Å². The summed E-state index contributed by atoms with van der Waals surface area (Å²) < 4.78 is 41.7. The Balaban J connectivity index is 3.18. The van der Waals surface area contributed by atoms with Gasteiger partial charge in [-0.05, 0) is 36.3 Å². The molecule has 0 aromatic heterocycles. The number of aryl methyl sites for hydroxylation is 1. The maximum absolute atomic E-state index is 12.2. The van der Waals surface area contributed by atoms with Crippen LogP contribution < -0.4 is 10.1 Å². The summed E-state index contributed by atoms with van der Waals surface area (Å²) >= 11 is 0. The predicted octanol–water partition coefficient (Wildman–Crippen LogP) is 3.04. The molecule has 20 heavy (non-hydrogen) atoms. The number of ether oxygens (including phenoxy) is 1. The predicted molar refractivity (Wildman–Crippen MR) is 67.1 cm³/mol. The number of carbonyl (C=O) groups excluding carboxylic acids is 1. The number of methoxy groups -OCH3 is 1. The molecule has 0 saturated heterocycles. The molecule has 0 atom stereocenters. The van der Waals surface area contributed by atoms with Crippen LogP contribution in [0.25, 0.3) is 6.08 Å². The smallest absolute Gasteiger partial charge is 0.471 e. The molecule has 106 valence electrons. The Morgan fingerprint density at radius 2 is 2.10 bits per heavy atom. The number of carbonyl (C=O) groups is 1. The number of rotatable bonds is 3. The van der Waals surface area contributed by atoms with E-state index < -0.39 is 12.1 Å². The van der Waals surface area contributed by atoms with Gasteiger partial charge < -0.3 is 10.1 Å². The van der Waals surface area contributed by atoms with E-state index in [0.717, 1.165) is 0 Å². The third-order valence-corrected chi connectivity index (χ3v) is 2.39. The van der Waals surface area contributed by atoms with Gasteiger partial charge in [0.1, 0.15) is 5.75 Å². The molecule has 0 heterocycles. The van der Waals surface area contributed by atoms with E-state index in [9.17, 15) is 18.0 Å². The van der Waals surface area contributed by atoms with Crippen molar-refractivity contribution in [1.29, 1.82) is 5.26 Å². The Morgan fingerprint density at radius 1 is 1.45 bits per heavy atom. The molecule has 4 nitrogen and oxygen atoms in total. The zero-order chi connectivity index (χ0) is 15.3. The van der Waals surface area contributed by atoms with Crippen LogP contribution in [0.15, 0.2) is 18.2 Å². The van der Waals surface area contributed by atoms with Crippen molar-refractivity contribution in [3.8, 4) is 11.8 Å². The van der Waals surface area contributed by atoms with Crippen molar-refractivity contribution in [2.75, 3.05) is 12.4 Å². The number of amides is 1. The Kier molecular flexibility index (Phi) is 4.75. The number of hydrogen-bond acceptors (Lipinski definition) is 3. The average molecular weight is 284 g/mol. The number of nitrogens with one attached hydrogen (secondary N) is 1. The number of nitrogens with zero attached hydrogens (tertiary/aromatic N) is 1. The highest BCUT2D eigenvalue weighted by molar-refractivity contribution is 5.97. The molecule has 0 unspecified atom stereocenters. The van der Waals surface area contributed by atoms with Gasteiger partial charge in [0, 0.05) is 6.08 Å². The van der Waals surface area contributed by atoms with E-state index in [1.807, 2.05) is 0 Å². The fraction of sp³-hybridized carbons (Fsp3) is 0.231. The van der Waals surface area contributed by atoms with Gasteiger partial charge in [-0.2, -0.15) is 18.4 Å². The zero-order valence-corrected chi connectivity index (χ0v) is 10.7. The summed E-state index contributed by atoms with van der Waals surface area (Å²) in [5, 5.41) is 10.2. The molecule has 0 aliphatic carbocycles. The van der Waals surface area contributed by atoms with Gasteiger partial charge in [0.15, 0.2) is 0 Å². The van der Waals surface area contributed by atoms with Crippen LogP contribution in [0, 0.1) is 18.3 Å². The van der Waals surface area contributed by atoms with Crippen molar-refractivity contribution in [3.05, 3.63) is 29.3 Å². The third kappa shape index (κ3) is 3.75. The maximum Gasteiger partial charge on any atom is 0.471 e. The number of benzene rings is 1. The second-order valence-electron chi connectivity index (χ2n) is 3.83. The minimum absolute atomic E-state index is 0.0519. The molecule has 1 aromatic carbocycles. The van der Waals surface area contributed by atoms with E-state index in [1.54, 1.807) is 11.4 Å². The highest BCUT2D eigenvalue weighted by Gasteiger charge is 2.39. The first-order valence-corrected chi connectivity index (χ1v) is 5.42. The van der Waals surface area contributed by atoms with E-state index >= 15 is 0 Å².